The molecule has 0 aliphatic rings. The number of carbonyl (C=O) groups excluding carboxylic acids is 3. The number of rotatable bonds is 53. The molecule has 6 heteroatoms. The highest BCUT2D eigenvalue weighted by molar-refractivity contribution is 5.71. The van der Waals surface area contributed by atoms with Crippen LogP contribution in [0.5, 0.6) is 0 Å². The van der Waals surface area contributed by atoms with E-state index in [4.69, 9.17) is 14.2 Å². The third-order valence-electron chi connectivity index (χ3n) is 12.8. The van der Waals surface area contributed by atoms with Crippen molar-refractivity contribution in [3.63, 3.8) is 0 Å². The van der Waals surface area contributed by atoms with Crippen LogP contribution in [0.3, 0.4) is 0 Å². The third-order valence-corrected chi connectivity index (χ3v) is 12.8. The van der Waals surface area contributed by atoms with Crippen molar-refractivity contribution in [3.8, 4) is 0 Å². The van der Waals surface area contributed by atoms with Crippen LogP contribution in [0.4, 0.5) is 0 Å². The van der Waals surface area contributed by atoms with Gasteiger partial charge in [0.2, 0.25) is 0 Å². The highest BCUT2D eigenvalue weighted by Gasteiger charge is 2.19. The van der Waals surface area contributed by atoms with Gasteiger partial charge in [0.05, 0.1) is 0 Å². The van der Waals surface area contributed by atoms with Gasteiger partial charge < -0.3 is 14.2 Å². The summed E-state index contributed by atoms with van der Waals surface area (Å²) in [5, 5.41) is 0. The van der Waals surface area contributed by atoms with Crippen LogP contribution in [-0.2, 0) is 28.6 Å². The van der Waals surface area contributed by atoms with E-state index >= 15 is 0 Å². The molecule has 394 valence electrons. The number of unbranched alkanes of at least 4 members (excludes halogenated alkanes) is 32. The van der Waals surface area contributed by atoms with E-state index in [9.17, 15) is 14.4 Å². The molecule has 68 heavy (non-hydrogen) atoms. The zero-order chi connectivity index (χ0) is 49.3. The first-order valence-corrected chi connectivity index (χ1v) is 29.3. The van der Waals surface area contributed by atoms with E-state index in [2.05, 4.69) is 81.5 Å². The Morgan fingerprint density at radius 1 is 0.309 bits per heavy atom. The van der Waals surface area contributed by atoms with Gasteiger partial charge in [0, 0.05) is 19.3 Å². The second kappa shape index (κ2) is 56.7. The second-order valence-electron chi connectivity index (χ2n) is 19.5. The molecule has 0 aromatic rings. The zero-order valence-corrected chi connectivity index (χ0v) is 45.1. The van der Waals surface area contributed by atoms with Crippen molar-refractivity contribution in [1.82, 2.24) is 0 Å². The molecule has 0 saturated heterocycles. The molecule has 6 nitrogen and oxygen atoms in total. The Morgan fingerprint density at radius 3 is 0.926 bits per heavy atom. The maximum Gasteiger partial charge on any atom is 0.306 e. The highest BCUT2D eigenvalue weighted by atomic mass is 16.6. The van der Waals surface area contributed by atoms with Gasteiger partial charge in [0.15, 0.2) is 6.10 Å². The molecule has 0 aromatic carbocycles. The molecule has 0 aliphatic heterocycles. The molecule has 0 saturated carbocycles. The van der Waals surface area contributed by atoms with Gasteiger partial charge in [-0.15, -0.1) is 0 Å². The van der Waals surface area contributed by atoms with Gasteiger partial charge >= 0.3 is 17.9 Å². The minimum absolute atomic E-state index is 0.0796. The summed E-state index contributed by atoms with van der Waals surface area (Å²) in [6.07, 6.45) is 70.6. The lowest BCUT2D eigenvalue weighted by molar-refractivity contribution is -0.167. The van der Waals surface area contributed by atoms with E-state index in [0.717, 1.165) is 103 Å². The third kappa shape index (κ3) is 54.1. The molecular formula is C62H110O6. The Labute approximate surface area is 421 Å². The van der Waals surface area contributed by atoms with Crippen molar-refractivity contribution in [2.24, 2.45) is 0 Å². The van der Waals surface area contributed by atoms with E-state index in [-0.39, 0.29) is 31.1 Å². The van der Waals surface area contributed by atoms with Crippen molar-refractivity contribution < 1.29 is 28.6 Å². The summed E-state index contributed by atoms with van der Waals surface area (Å²) in [4.78, 5) is 38.2. The molecule has 0 amide bonds. The van der Waals surface area contributed by atoms with Crippen molar-refractivity contribution >= 4 is 17.9 Å². The largest absolute Gasteiger partial charge is 0.462 e. The number of hydrogen-bond donors (Lipinski definition) is 0. The summed E-state index contributed by atoms with van der Waals surface area (Å²) in [6, 6.07) is 0. The van der Waals surface area contributed by atoms with Crippen LogP contribution in [-0.4, -0.2) is 37.2 Å². The Balaban J connectivity index is 4.37. The first-order chi connectivity index (χ1) is 33.5. The number of esters is 3. The van der Waals surface area contributed by atoms with Crippen LogP contribution in [0.2, 0.25) is 0 Å². The van der Waals surface area contributed by atoms with E-state index in [0.29, 0.717) is 19.3 Å². The second-order valence-corrected chi connectivity index (χ2v) is 19.5. The number of allylic oxidation sites excluding steroid dienone is 10. The lowest BCUT2D eigenvalue weighted by Crippen LogP contribution is -2.30. The highest BCUT2D eigenvalue weighted by Crippen LogP contribution is 2.16. The van der Waals surface area contributed by atoms with E-state index in [1.54, 1.807) is 0 Å². The summed E-state index contributed by atoms with van der Waals surface area (Å²) < 4.78 is 16.9. The first-order valence-electron chi connectivity index (χ1n) is 29.3. The van der Waals surface area contributed by atoms with Crippen molar-refractivity contribution in [1.29, 1.82) is 0 Å². The van der Waals surface area contributed by atoms with Crippen LogP contribution < -0.4 is 0 Å². The molecule has 0 radical (unpaired) electrons. The van der Waals surface area contributed by atoms with Crippen LogP contribution in [0.25, 0.3) is 0 Å². The fourth-order valence-electron chi connectivity index (χ4n) is 8.37. The molecule has 0 spiro atoms. The van der Waals surface area contributed by atoms with E-state index in [1.807, 2.05) is 0 Å². The summed E-state index contributed by atoms with van der Waals surface area (Å²) in [5.41, 5.74) is 0. The van der Waals surface area contributed by atoms with Crippen LogP contribution in [0, 0.1) is 0 Å². The maximum atomic E-state index is 12.9. The number of hydrogen-bond acceptors (Lipinski definition) is 6. The fraction of sp³-hybridized carbons (Fsp3) is 0.790. The lowest BCUT2D eigenvalue weighted by Gasteiger charge is -2.18. The van der Waals surface area contributed by atoms with Crippen LogP contribution >= 0.6 is 0 Å². The minimum Gasteiger partial charge on any atom is -0.462 e. The average molecular weight is 952 g/mol. The zero-order valence-electron chi connectivity index (χ0n) is 45.1. The van der Waals surface area contributed by atoms with Crippen molar-refractivity contribution in [3.05, 3.63) is 60.8 Å². The average Bonchev–Trinajstić information content (AvgIpc) is 3.34. The molecular weight excluding hydrogens is 841 g/mol. The monoisotopic (exact) mass is 951 g/mol. The van der Waals surface area contributed by atoms with Gasteiger partial charge in [0.1, 0.15) is 13.2 Å². The maximum absolute atomic E-state index is 12.9. The lowest BCUT2D eigenvalue weighted by atomic mass is 10.0. The van der Waals surface area contributed by atoms with Gasteiger partial charge in [-0.2, -0.15) is 0 Å². The number of ether oxygens (including phenoxy) is 3. The van der Waals surface area contributed by atoms with Gasteiger partial charge in [-0.1, -0.05) is 255 Å². The predicted octanol–water partition coefficient (Wildman–Crippen LogP) is 19.6. The topological polar surface area (TPSA) is 78.9 Å². The number of carbonyl (C=O) groups is 3. The quantitative estimate of drug-likeness (QED) is 0.0262. The van der Waals surface area contributed by atoms with Crippen LogP contribution in [0.1, 0.15) is 297 Å². The van der Waals surface area contributed by atoms with Gasteiger partial charge in [-0.25, -0.2) is 0 Å². The van der Waals surface area contributed by atoms with Gasteiger partial charge in [-0.3, -0.25) is 14.4 Å². The minimum atomic E-state index is -0.781. The molecule has 0 bridgehead atoms. The predicted molar refractivity (Wildman–Crippen MR) is 293 cm³/mol. The molecule has 0 unspecified atom stereocenters. The molecule has 0 aliphatic carbocycles. The fourth-order valence-corrected chi connectivity index (χ4v) is 8.37. The van der Waals surface area contributed by atoms with E-state index in [1.165, 1.54) is 154 Å². The van der Waals surface area contributed by atoms with Crippen molar-refractivity contribution in [2.45, 2.75) is 303 Å². The van der Waals surface area contributed by atoms with Gasteiger partial charge in [-0.05, 0) is 83.5 Å². The van der Waals surface area contributed by atoms with Crippen molar-refractivity contribution in [2.75, 3.05) is 13.2 Å². The standard InChI is InChI=1S/C62H110O6/c1-4-7-10-13-16-19-22-25-28-30-31-32-35-37-40-43-46-49-52-55-61(64)67-58-59(57-66-60(63)54-51-48-45-42-39-36-33-27-24-21-18-15-12-9-6-3)68-62(65)56-53-50-47-44-41-38-34-29-26-23-20-17-14-11-8-5-2/h9,12,16,18-19,21,25,27-28,33,59H,4-8,10-11,13-15,17,20,22-24,26,29-32,34-58H2,1-3H3/b12-9-,19-16-,21-18-,28-25-,33-27-/t59-/m1/s1. The Morgan fingerprint density at radius 2 is 0.574 bits per heavy atom. The summed E-state index contributed by atoms with van der Waals surface area (Å²) in [6.45, 7) is 6.52. The molecule has 1 atom stereocenters. The molecule has 0 heterocycles. The normalized spacial score (nSPS) is 12.5. The SMILES string of the molecule is CC/C=C\C/C=C\C/C=C\CCCCCCCC(=O)OC[C@H](COC(=O)CCCCCCCCCCC/C=C\C/C=C\CCCCC)OC(=O)CCCCCCCCCCCCCCCCCC. The summed E-state index contributed by atoms with van der Waals surface area (Å²) >= 11 is 0. The smallest absolute Gasteiger partial charge is 0.306 e. The Bertz CT molecular complexity index is 1230. The molecule has 0 aromatic heterocycles. The van der Waals surface area contributed by atoms with Gasteiger partial charge in [0.25, 0.3) is 0 Å². The Hall–Kier alpha value is -2.89. The summed E-state index contributed by atoms with van der Waals surface area (Å²) in [5.74, 6) is -0.887. The first kappa shape index (κ1) is 65.1. The Kier molecular flexibility index (Phi) is 54.3. The molecule has 0 N–H and O–H groups in total. The summed E-state index contributed by atoms with van der Waals surface area (Å²) in [7, 11) is 0. The molecule has 0 fully saturated rings. The van der Waals surface area contributed by atoms with Crippen LogP contribution in [0.15, 0.2) is 60.8 Å². The van der Waals surface area contributed by atoms with E-state index < -0.39 is 6.10 Å². The molecule has 0 rings (SSSR count).